The molecule has 0 amide bonds. The minimum absolute atomic E-state index is 0.0183. The fourth-order valence-corrected chi connectivity index (χ4v) is 2.12. The SMILES string of the molecule is CCCc1cc(CCl)cc(Oc2ccc(F)c(Cl)c2)n1. The summed E-state index contributed by atoms with van der Waals surface area (Å²) in [7, 11) is 0. The minimum atomic E-state index is -0.479. The first-order valence-electron chi connectivity index (χ1n) is 6.31. The molecule has 0 fully saturated rings. The Morgan fingerprint density at radius 1 is 1.25 bits per heavy atom. The van der Waals surface area contributed by atoms with Gasteiger partial charge in [-0.2, -0.15) is 0 Å². The van der Waals surface area contributed by atoms with Crippen molar-refractivity contribution >= 4 is 23.2 Å². The number of alkyl halides is 1. The zero-order chi connectivity index (χ0) is 14.5. The van der Waals surface area contributed by atoms with Crippen molar-refractivity contribution in [1.82, 2.24) is 4.98 Å². The molecule has 0 aliphatic carbocycles. The number of hydrogen-bond acceptors (Lipinski definition) is 2. The average Bonchev–Trinajstić information content (AvgIpc) is 2.43. The van der Waals surface area contributed by atoms with E-state index in [0.717, 1.165) is 24.1 Å². The lowest BCUT2D eigenvalue weighted by Gasteiger charge is -2.09. The number of rotatable bonds is 5. The summed E-state index contributed by atoms with van der Waals surface area (Å²) in [6, 6.07) is 7.92. The molecule has 1 aromatic heterocycles. The molecule has 0 saturated heterocycles. The number of pyridine rings is 1. The van der Waals surface area contributed by atoms with Crippen LogP contribution in [-0.2, 0) is 12.3 Å². The Hall–Kier alpha value is -1.32. The third kappa shape index (κ3) is 3.84. The van der Waals surface area contributed by atoms with Crippen molar-refractivity contribution < 1.29 is 9.13 Å². The summed E-state index contributed by atoms with van der Waals surface area (Å²) >= 11 is 11.6. The molecule has 0 saturated carbocycles. The molecule has 2 aromatic rings. The van der Waals surface area contributed by atoms with Crippen molar-refractivity contribution in [3.63, 3.8) is 0 Å². The second-order valence-electron chi connectivity index (χ2n) is 4.37. The van der Waals surface area contributed by atoms with Gasteiger partial charge in [-0.15, -0.1) is 11.6 Å². The van der Waals surface area contributed by atoms with Gasteiger partial charge < -0.3 is 4.74 Å². The van der Waals surface area contributed by atoms with Gasteiger partial charge in [0, 0.05) is 23.7 Å². The molecule has 0 aliphatic rings. The molecule has 2 nitrogen and oxygen atoms in total. The van der Waals surface area contributed by atoms with E-state index in [2.05, 4.69) is 11.9 Å². The highest BCUT2D eigenvalue weighted by atomic mass is 35.5. The van der Waals surface area contributed by atoms with Crippen LogP contribution in [0.1, 0.15) is 24.6 Å². The lowest BCUT2D eigenvalue weighted by molar-refractivity contribution is 0.458. The average molecular weight is 314 g/mol. The first-order valence-corrected chi connectivity index (χ1v) is 7.22. The van der Waals surface area contributed by atoms with Crippen molar-refractivity contribution in [2.24, 2.45) is 0 Å². The fourth-order valence-electron chi connectivity index (χ4n) is 1.80. The summed E-state index contributed by atoms with van der Waals surface area (Å²) in [6.45, 7) is 2.08. The quantitative estimate of drug-likeness (QED) is 0.693. The van der Waals surface area contributed by atoms with Gasteiger partial charge in [-0.05, 0) is 30.2 Å². The lowest BCUT2D eigenvalue weighted by atomic mass is 10.2. The zero-order valence-corrected chi connectivity index (χ0v) is 12.5. The van der Waals surface area contributed by atoms with E-state index in [1.807, 2.05) is 6.07 Å². The number of benzene rings is 1. The largest absolute Gasteiger partial charge is 0.439 e. The minimum Gasteiger partial charge on any atom is -0.439 e. The molecule has 0 unspecified atom stereocenters. The van der Waals surface area contributed by atoms with Crippen LogP contribution in [0.15, 0.2) is 30.3 Å². The molecule has 106 valence electrons. The number of hydrogen-bond donors (Lipinski definition) is 0. The first kappa shape index (κ1) is 15.1. The van der Waals surface area contributed by atoms with Crippen molar-refractivity contribution in [1.29, 1.82) is 0 Å². The van der Waals surface area contributed by atoms with Gasteiger partial charge in [0.15, 0.2) is 0 Å². The lowest BCUT2D eigenvalue weighted by Crippen LogP contribution is -1.96. The second kappa shape index (κ2) is 6.91. The number of halogens is 3. The number of aryl methyl sites for hydroxylation is 1. The maximum Gasteiger partial charge on any atom is 0.219 e. The molecule has 0 N–H and O–H groups in total. The molecular formula is C15H14Cl2FNO. The Bertz CT molecular complexity index is 604. The van der Waals surface area contributed by atoms with E-state index in [1.165, 1.54) is 18.2 Å². The highest BCUT2D eigenvalue weighted by molar-refractivity contribution is 6.30. The van der Waals surface area contributed by atoms with Crippen LogP contribution in [0, 0.1) is 5.82 Å². The predicted molar refractivity (Wildman–Crippen MR) is 79.3 cm³/mol. The second-order valence-corrected chi connectivity index (χ2v) is 5.04. The van der Waals surface area contributed by atoms with Gasteiger partial charge in [0.05, 0.1) is 5.02 Å². The van der Waals surface area contributed by atoms with Gasteiger partial charge in [0.1, 0.15) is 11.6 Å². The number of aromatic nitrogens is 1. The molecule has 0 spiro atoms. The molecular weight excluding hydrogens is 300 g/mol. The monoisotopic (exact) mass is 313 g/mol. The number of ether oxygens (including phenoxy) is 1. The summed E-state index contributed by atoms with van der Waals surface area (Å²) in [4.78, 5) is 4.40. The zero-order valence-electron chi connectivity index (χ0n) is 11.0. The van der Waals surface area contributed by atoms with E-state index in [-0.39, 0.29) is 5.02 Å². The molecule has 0 radical (unpaired) electrons. The van der Waals surface area contributed by atoms with Crippen LogP contribution in [0.5, 0.6) is 11.6 Å². The van der Waals surface area contributed by atoms with Crippen molar-refractivity contribution in [3.05, 3.63) is 52.4 Å². The summed E-state index contributed by atoms with van der Waals surface area (Å²) in [5.74, 6) is 0.792. The van der Waals surface area contributed by atoms with E-state index in [0.29, 0.717) is 17.5 Å². The summed E-state index contributed by atoms with van der Waals surface area (Å²) < 4.78 is 18.7. The first-order chi connectivity index (χ1) is 9.62. The third-order valence-corrected chi connectivity index (χ3v) is 3.29. The van der Waals surface area contributed by atoms with Gasteiger partial charge >= 0.3 is 0 Å². The third-order valence-electron chi connectivity index (χ3n) is 2.69. The van der Waals surface area contributed by atoms with E-state index in [4.69, 9.17) is 27.9 Å². The van der Waals surface area contributed by atoms with Crippen LogP contribution in [0.2, 0.25) is 5.02 Å². The van der Waals surface area contributed by atoms with E-state index in [1.54, 1.807) is 6.07 Å². The van der Waals surface area contributed by atoms with Crippen LogP contribution in [0.3, 0.4) is 0 Å². The van der Waals surface area contributed by atoms with Gasteiger partial charge in [-0.3, -0.25) is 0 Å². The Morgan fingerprint density at radius 3 is 2.70 bits per heavy atom. The predicted octanol–water partition coefficient (Wildman–Crippen LogP) is 5.36. The Morgan fingerprint density at radius 2 is 2.05 bits per heavy atom. The van der Waals surface area contributed by atoms with Gasteiger partial charge in [-0.25, -0.2) is 9.37 Å². The van der Waals surface area contributed by atoms with Crippen LogP contribution in [-0.4, -0.2) is 4.98 Å². The number of nitrogens with zero attached hydrogens (tertiary/aromatic N) is 1. The maximum absolute atomic E-state index is 13.1. The maximum atomic E-state index is 13.1. The van der Waals surface area contributed by atoms with E-state index < -0.39 is 5.82 Å². The summed E-state index contributed by atoms with van der Waals surface area (Å²) in [5, 5.41) is 0.0183. The highest BCUT2D eigenvalue weighted by Crippen LogP contribution is 2.26. The summed E-state index contributed by atoms with van der Waals surface area (Å²) in [6.07, 6.45) is 1.84. The van der Waals surface area contributed by atoms with Gasteiger partial charge in [0.25, 0.3) is 0 Å². The molecule has 5 heteroatoms. The molecule has 1 heterocycles. The fraction of sp³-hybridized carbons (Fsp3) is 0.267. The smallest absolute Gasteiger partial charge is 0.219 e. The Balaban J connectivity index is 2.27. The van der Waals surface area contributed by atoms with Crippen molar-refractivity contribution in [2.75, 3.05) is 0 Å². The van der Waals surface area contributed by atoms with E-state index in [9.17, 15) is 4.39 Å². The molecule has 1 aromatic carbocycles. The normalized spacial score (nSPS) is 10.6. The van der Waals surface area contributed by atoms with Crippen molar-refractivity contribution in [2.45, 2.75) is 25.6 Å². The van der Waals surface area contributed by atoms with Crippen molar-refractivity contribution in [3.8, 4) is 11.6 Å². The molecule has 0 atom stereocenters. The molecule has 0 aliphatic heterocycles. The van der Waals surface area contributed by atoms with Gasteiger partial charge in [-0.1, -0.05) is 24.9 Å². The Kier molecular flexibility index (Phi) is 5.21. The van der Waals surface area contributed by atoms with Crippen LogP contribution in [0.25, 0.3) is 0 Å². The van der Waals surface area contributed by atoms with Crippen LogP contribution in [0.4, 0.5) is 4.39 Å². The standard InChI is InChI=1S/C15H14Cl2FNO/c1-2-3-11-6-10(9-16)7-15(19-11)20-12-4-5-14(18)13(17)8-12/h4-8H,2-3,9H2,1H3. The highest BCUT2D eigenvalue weighted by Gasteiger charge is 2.07. The topological polar surface area (TPSA) is 22.1 Å². The van der Waals surface area contributed by atoms with E-state index >= 15 is 0 Å². The Labute approximate surface area is 127 Å². The molecule has 2 rings (SSSR count). The van der Waals surface area contributed by atoms with Crippen LogP contribution < -0.4 is 4.74 Å². The molecule has 20 heavy (non-hydrogen) atoms. The molecule has 0 bridgehead atoms. The van der Waals surface area contributed by atoms with Gasteiger partial charge in [0.2, 0.25) is 5.88 Å². The summed E-state index contributed by atoms with van der Waals surface area (Å²) in [5.41, 5.74) is 1.86. The van der Waals surface area contributed by atoms with Crippen LogP contribution >= 0.6 is 23.2 Å².